The molecule has 0 bridgehead atoms. The van der Waals surface area contributed by atoms with Gasteiger partial charge < -0.3 is 4.90 Å². The zero-order valence-electron chi connectivity index (χ0n) is 13.2. The highest BCUT2D eigenvalue weighted by Crippen LogP contribution is 2.37. The smallest absolute Gasteiger partial charge is 0.301 e. The van der Waals surface area contributed by atoms with Crippen LogP contribution < -0.4 is 0 Å². The molecule has 0 radical (unpaired) electrons. The van der Waals surface area contributed by atoms with Gasteiger partial charge in [0.1, 0.15) is 5.82 Å². The predicted molar refractivity (Wildman–Crippen MR) is 82.9 cm³/mol. The van der Waals surface area contributed by atoms with E-state index < -0.39 is 17.6 Å². The van der Waals surface area contributed by atoms with E-state index in [9.17, 15) is 17.6 Å². The molecule has 3 rings (SSSR count). The molecule has 3 nitrogen and oxygen atoms in total. The summed E-state index contributed by atoms with van der Waals surface area (Å²) in [4.78, 5) is 2.34. The van der Waals surface area contributed by atoms with Gasteiger partial charge in [-0.15, -0.1) is 0 Å². The summed E-state index contributed by atoms with van der Waals surface area (Å²) >= 11 is 0. The molecule has 2 aromatic rings. The van der Waals surface area contributed by atoms with E-state index in [4.69, 9.17) is 0 Å². The first-order chi connectivity index (χ1) is 11.4. The normalized spacial score (nSPS) is 16.5. The highest BCUT2D eigenvalue weighted by Gasteiger charge is 2.34. The number of hydrogen-bond donors (Lipinski definition) is 0. The van der Waals surface area contributed by atoms with Gasteiger partial charge in [-0.1, -0.05) is 12.5 Å². The number of piperidine rings is 1. The third-order valence-electron chi connectivity index (χ3n) is 4.33. The molecule has 24 heavy (non-hydrogen) atoms. The Morgan fingerprint density at radius 3 is 2.50 bits per heavy atom. The van der Waals surface area contributed by atoms with Crippen LogP contribution in [0.2, 0.25) is 0 Å². The van der Waals surface area contributed by atoms with E-state index in [0.717, 1.165) is 31.8 Å². The molecule has 1 aromatic carbocycles. The monoisotopic (exact) mass is 341 g/mol. The van der Waals surface area contributed by atoms with E-state index in [1.165, 1.54) is 25.5 Å². The molecule has 0 N–H and O–H groups in total. The van der Waals surface area contributed by atoms with Crippen molar-refractivity contribution in [2.45, 2.75) is 32.0 Å². The molecule has 1 aromatic heterocycles. The van der Waals surface area contributed by atoms with Gasteiger partial charge in [0, 0.05) is 18.3 Å². The van der Waals surface area contributed by atoms with Crippen molar-refractivity contribution < 1.29 is 17.6 Å². The molecular formula is C17H19F4N3. The van der Waals surface area contributed by atoms with Crippen molar-refractivity contribution in [2.24, 2.45) is 0 Å². The molecule has 130 valence electrons. The highest BCUT2D eigenvalue weighted by atomic mass is 19.4. The second kappa shape index (κ2) is 6.93. The third-order valence-corrected chi connectivity index (χ3v) is 4.33. The fourth-order valence-electron chi connectivity index (χ4n) is 3.05. The summed E-state index contributed by atoms with van der Waals surface area (Å²) < 4.78 is 54.2. The van der Waals surface area contributed by atoms with Crippen LogP contribution in [-0.4, -0.2) is 34.3 Å². The lowest BCUT2D eigenvalue weighted by atomic mass is 10.0. The molecule has 1 fully saturated rings. The van der Waals surface area contributed by atoms with E-state index in [-0.39, 0.29) is 5.56 Å². The summed E-state index contributed by atoms with van der Waals surface area (Å²) in [7, 11) is 0. The average molecular weight is 341 g/mol. The Balaban J connectivity index is 1.75. The first kappa shape index (κ1) is 17.0. The van der Waals surface area contributed by atoms with Crippen molar-refractivity contribution >= 4 is 0 Å². The lowest BCUT2D eigenvalue weighted by molar-refractivity contribution is -0.137. The van der Waals surface area contributed by atoms with Crippen LogP contribution in [0.3, 0.4) is 0 Å². The van der Waals surface area contributed by atoms with Gasteiger partial charge >= 0.3 is 6.18 Å². The Kier molecular flexibility index (Phi) is 4.89. The highest BCUT2D eigenvalue weighted by molar-refractivity contribution is 5.66. The largest absolute Gasteiger partial charge is 0.417 e. The number of benzene rings is 1. The Bertz CT molecular complexity index is 687. The van der Waals surface area contributed by atoms with E-state index in [1.54, 1.807) is 10.9 Å². The van der Waals surface area contributed by atoms with Gasteiger partial charge in [0.2, 0.25) is 0 Å². The maximum Gasteiger partial charge on any atom is 0.417 e. The van der Waals surface area contributed by atoms with E-state index in [2.05, 4.69) is 10.00 Å². The molecule has 0 saturated carbocycles. The summed E-state index contributed by atoms with van der Waals surface area (Å²) in [5, 5.41) is 4.15. The van der Waals surface area contributed by atoms with Crippen LogP contribution >= 0.6 is 0 Å². The Hall–Kier alpha value is -1.89. The Morgan fingerprint density at radius 1 is 1.04 bits per heavy atom. The van der Waals surface area contributed by atoms with Crippen LogP contribution in [-0.2, 0) is 12.7 Å². The molecule has 1 aliphatic heterocycles. The lowest BCUT2D eigenvalue weighted by Gasteiger charge is -2.26. The minimum atomic E-state index is -4.60. The molecule has 2 heterocycles. The minimum absolute atomic E-state index is 0.0480. The van der Waals surface area contributed by atoms with Crippen LogP contribution in [0.1, 0.15) is 24.8 Å². The standard InChI is InChI=1S/C17H19F4N3/c18-14-4-5-15(16(10-14)17(19,20)21)13-11-22-24(12-13)9-8-23-6-2-1-3-7-23/h4-5,10-12H,1-3,6-9H2. The van der Waals surface area contributed by atoms with Crippen LogP contribution in [0.15, 0.2) is 30.6 Å². The molecule has 0 atom stereocenters. The van der Waals surface area contributed by atoms with Gasteiger partial charge in [-0.25, -0.2) is 4.39 Å². The summed E-state index contributed by atoms with van der Waals surface area (Å²) in [5.41, 5.74) is -0.674. The van der Waals surface area contributed by atoms with Crippen LogP contribution in [0.4, 0.5) is 17.6 Å². The topological polar surface area (TPSA) is 21.1 Å². The third kappa shape index (κ3) is 3.95. The van der Waals surface area contributed by atoms with Crippen molar-refractivity contribution in [3.8, 4) is 11.1 Å². The summed E-state index contributed by atoms with van der Waals surface area (Å²) in [6, 6.07) is 2.72. The van der Waals surface area contributed by atoms with Gasteiger partial charge in [-0.3, -0.25) is 4.68 Å². The molecule has 0 aliphatic carbocycles. The van der Waals surface area contributed by atoms with Gasteiger partial charge in [-0.2, -0.15) is 18.3 Å². The molecule has 1 saturated heterocycles. The fourth-order valence-corrected chi connectivity index (χ4v) is 3.05. The van der Waals surface area contributed by atoms with Crippen molar-refractivity contribution in [3.05, 3.63) is 42.0 Å². The number of nitrogens with zero attached hydrogens (tertiary/aromatic N) is 3. The summed E-state index contributed by atoms with van der Waals surface area (Å²) in [5.74, 6) is -0.899. The van der Waals surface area contributed by atoms with Gasteiger partial charge in [0.05, 0.1) is 18.3 Å². The SMILES string of the molecule is Fc1ccc(-c2cnn(CCN3CCCCC3)c2)c(C(F)(F)F)c1. The van der Waals surface area contributed by atoms with E-state index >= 15 is 0 Å². The number of halogens is 4. The summed E-state index contributed by atoms with van der Waals surface area (Å²) in [6.45, 7) is 3.58. The number of hydrogen-bond acceptors (Lipinski definition) is 2. The zero-order valence-corrected chi connectivity index (χ0v) is 13.2. The molecular weight excluding hydrogens is 322 g/mol. The molecule has 0 unspecified atom stereocenters. The average Bonchev–Trinajstić information content (AvgIpc) is 3.02. The first-order valence-corrected chi connectivity index (χ1v) is 8.05. The molecule has 0 spiro atoms. The zero-order chi connectivity index (χ0) is 17.2. The van der Waals surface area contributed by atoms with Crippen molar-refractivity contribution in [1.29, 1.82) is 0 Å². The number of alkyl halides is 3. The minimum Gasteiger partial charge on any atom is -0.301 e. The van der Waals surface area contributed by atoms with Crippen molar-refractivity contribution in [1.82, 2.24) is 14.7 Å². The number of likely N-dealkylation sites (tertiary alicyclic amines) is 1. The number of aromatic nitrogens is 2. The Morgan fingerprint density at radius 2 is 1.79 bits per heavy atom. The molecule has 0 amide bonds. The number of rotatable bonds is 4. The molecule has 7 heteroatoms. The maximum absolute atomic E-state index is 13.2. The first-order valence-electron chi connectivity index (χ1n) is 8.05. The van der Waals surface area contributed by atoms with Crippen LogP contribution in [0.5, 0.6) is 0 Å². The maximum atomic E-state index is 13.2. The van der Waals surface area contributed by atoms with Crippen molar-refractivity contribution in [2.75, 3.05) is 19.6 Å². The second-order valence-electron chi connectivity index (χ2n) is 6.08. The second-order valence-corrected chi connectivity index (χ2v) is 6.08. The van der Waals surface area contributed by atoms with E-state index in [0.29, 0.717) is 18.2 Å². The van der Waals surface area contributed by atoms with Crippen molar-refractivity contribution in [3.63, 3.8) is 0 Å². The molecule has 1 aliphatic rings. The van der Waals surface area contributed by atoms with Gasteiger partial charge in [0.25, 0.3) is 0 Å². The van der Waals surface area contributed by atoms with Gasteiger partial charge in [-0.05, 0) is 43.6 Å². The quantitative estimate of drug-likeness (QED) is 0.778. The van der Waals surface area contributed by atoms with E-state index in [1.807, 2.05) is 0 Å². The Labute approximate surface area is 137 Å². The van der Waals surface area contributed by atoms with Crippen LogP contribution in [0.25, 0.3) is 11.1 Å². The lowest BCUT2D eigenvalue weighted by Crippen LogP contribution is -2.32. The predicted octanol–water partition coefficient (Wildman–Crippen LogP) is 4.19. The van der Waals surface area contributed by atoms with Crippen LogP contribution in [0, 0.1) is 5.82 Å². The summed E-state index contributed by atoms with van der Waals surface area (Å²) in [6.07, 6.45) is 2.02. The fraction of sp³-hybridized carbons (Fsp3) is 0.471. The van der Waals surface area contributed by atoms with Gasteiger partial charge in [0.15, 0.2) is 0 Å².